The molecule has 0 aliphatic rings. The molecule has 0 heterocycles. The Bertz CT molecular complexity index is 1160. The molecule has 33 heavy (non-hydrogen) atoms. The van der Waals surface area contributed by atoms with E-state index >= 15 is 0 Å². The molecule has 0 aromatic heterocycles. The fourth-order valence-corrected chi connectivity index (χ4v) is 2.96. The van der Waals surface area contributed by atoms with E-state index in [-0.39, 0.29) is 12.5 Å². The van der Waals surface area contributed by atoms with E-state index in [2.05, 4.69) is 15.8 Å². The van der Waals surface area contributed by atoms with Crippen LogP contribution in [0.1, 0.15) is 28.4 Å². The van der Waals surface area contributed by atoms with Crippen LogP contribution in [0.15, 0.2) is 71.8 Å². The minimum Gasteiger partial charge on any atom is -0.490 e. The van der Waals surface area contributed by atoms with Crippen LogP contribution in [0.25, 0.3) is 0 Å². The molecule has 0 radical (unpaired) electrons. The number of ether oxygens (including phenoxy) is 2. The van der Waals surface area contributed by atoms with Gasteiger partial charge in [0.05, 0.1) is 18.4 Å². The van der Waals surface area contributed by atoms with Gasteiger partial charge in [-0.15, -0.1) is 0 Å². The minimum absolute atomic E-state index is 0.170. The molecule has 0 aliphatic carbocycles. The second-order valence-electron chi connectivity index (χ2n) is 7.08. The number of anilines is 2. The summed E-state index contributed by atoms with van der Waals surface area (Å²) < 4.78 is 11.3. The van der Waals surface area contributed by atoms with Crippen molar-refractivity contribution >= 4 is 29.4 Å². The molecule has 0 unspecified atom stereocenters. The number of amides is 2. The minimum atomic E-state index is -0.408. The van der Waals surface area contributed by atoms with Crippen molar-refractivity contribution in [2.75, 3.05) is 24.3 Å². The first-order valence-electron chi connectivity index (χ1n) is 10.4. The normalized spacial score (nSPS) is 10.6. The van der Waals surface area contributed by atoms with Crippen molar-refractivity contribution < 1.29 is 19.1 Å². The molecule has 2 amide bonds. The number of nitrogens with zero attached hydrogens (tertiary/aromatic N) is 1. The molecule has 0 saturated carbocycles. The maximum Gasteiger partial charge on any atom is 0.273 e. The van der Waals surface area contributed by atoms with Crippen LogP contribution in [0.2, 0.25) is 0 Å². The molecule has 0 bridgehead atoms. The summed E-state index contributed by atoms with van der Waals surface area (Å²) >= 11 is 0. The molecule has 0 spiro atoms. The number of nitrogens with one attached hydrogen (secondary N) is 2. The van der Waals surface area contributed by atoms with Crippen molar-refractivity contribution in [1.29, 1.82) is 0 Å². The maximum absolute atomic E-state index is 12.3. The zero-order valence-corrected chi connectivity index (χ0v) is 18.5. The quantitative estimate of drug-likeness (QED) is 0.263. The van der Waals surface area contributed by atoms with E-state index in [0.717, 1.165) is 11.3 Å². The van der Waals surface area contributed by atoms with Gasteiger partial charge in [-0.3, -0.25) is 9.59 Å². The van der Waals surface area contributed by atoms with E-state index in [0.29, 0.717) is 34.9 Å². The van der Waals surface area contributed by atoms with Gasteiger partial charge in [-0.2, -0.15) is 5.10 Å². The van der Waals surface area contributed by atoms with Crippen molar-refractivity contribution in [2.24, 2.45) is 5.10 Å². The molecule has 0 atom stereocenters. The summed E-state index contributed by atoms with van der Waals surface area (Å²) in [5.41, 5.74) is 11.3. The Labute approximate surface area is 192 Å². The third kappa shape index (κ3) is 6.57. The largest absolute Gasteiger partial charge is 0.490 e. The number of rotatable bonds is 9. The van der Waals surface area contributed by atoms with Crippen LogP contribution in [0, 0.1) is 6.92 Å². The number of para-hydroxylation sites is 2. The van der Waals surface area contributed by atoms with E-state index < -0.39 is 5.91 Å². The molecule has 0 saturated heterocycles. The van der Waals surface area contributed by atoms with Gasteiger partial charge < -0.3 is 20.5 Å². The Morgan fingerprint density at radius 2 is 1.76 bits per heavy atom. The molecule has 0 fully saturated rings. The highest BCUT2D eigenvalue weighted by Crippen LogP contribution is 2.28. The predicted octanol–water partition coefficient (Wildman–Crippen LogP) is 3.76. The number of nitrogens with two attached hydrogens (primary N) is 1. The van der Waals surface area contributed by atoms with Crippen LogP contribution in [-0.2, 0) is 4.79 Å². The number of nitrogen functional groups attached to an aromatic ring is 1. The molecule has 8 heteroatoms. The number of hydrazone groups is 1. The highest BCUT2D eigenvalue weighted by atomic mass is 16.5. The Morgan fingerprint density at radius 3 is 2.52 bits per heavy atom. The van der Waals surface area contributed by atoms with Crippen LogP contribution in [0.5, 0.6) is 11.5 Å². The SMILES string of the molecule is CCOc1cc(/C=N/NC(=O)c2ccccc2N)ccc1OCC(=O)Nc1ccccc1C. The number of carbonyl (C=O) groups excluding carboxylic acids is 2. The Morgan fingerprint density at radius 1 is 1.00 bits per heavy atom. The Kier molecular flexibility index (Phi) is 8.02. The molecule has 3 rings (SSSR count). The lowest BCUT2D eigenvalue weighted by molar-refractivity contribution is -0.118. The summed E-state index contributed by atoms with van der Waals surface area (Å²) in [6, 6.07) is 19.4. The number of benzene rings is 3. The molecule has 0 aliphatic heterocycles. The van der Waals surface area contributed by atoms with Gasteiger partial charge in [0.2, 0.25) is 0 Å². The molecular formula is C25H26N4O4. The number of carbonyl (C=O) groups is 2. The summed E-state index contributed by atoms with van der Waals surface area (Å²) in [7, 11) is 0. The molecular weight excluding hydrogens is 420 g/mol. The van der Waals surface area contributed by atoms with Gasteiger partial charge in [-0.05, 0) is 61.4 Å². The van der Waals surface area contributed by atoms with E-state index in [1.165, 1.54) is 6.21 Å². The van der Waals surface area contributed by atoms with Crippen LogP contribution < -0.4 is 25.9 Å². The lowest BCUT2D eigenvalue weighted by atomic mass is 10.2. The van der Waals surface area contributed by atoms with Crippen LogP contribution in [0.4, 0.5) is 11.4 Å². The van der Waals surface area contributed by atoms with Gasteiger partial charge in [0.1, 0.15) is 0 Å². The molecule has 170 valence electrons. The maximum atomic E-state index is 12.3. The lowest BCUT2D eigenvalue weighted by Crippen LogP contribution is -2.21. The second kappa shape index (κ2) is 11.3. The molecule has 8 nitrogen and oxygen atoms in total. The van der Waals surface area contributed by atoms with E-state index in [9.17, 15) is 9.59 Å². The first-order chi connectivity index (χ1) is 16.0. The first kappa shape index (κ1) is 23.3. The third-order valence-electron chi connectivity index (χ3n) is 4.63. The summed E-state index contributed by atoms with van der Waals surface area (Å²) in [6.45, 7) is 4.01. The van der Waals surface area contributed by atoms with Gasteiger partial charge in [-0.25, -0.2) is 5.43 Å². The van der Waals surface area contributed by atoms with Crippen molar-refractivity contribution in [3.63, 3.8) is 0 Å². The van der Waals surface area contributed by atoms with Crippen LogP contribution >= 0.6 is 0 Å². The van der Waals surface area contributed by atoms with Gasteiger partial charge in [0, 0.05) is 11.4 Å². The fraction of sp³-hybridized carbons (Fsp3) is 0.160. The predicted molar refractivity (Wildman–Crippen MR) is 129 cm³/mol. The van der Waals surface area contributed by atoms with Crippen LogP contribution in [-0.4, -0.2) is 31.2 Å². The van der Waals surface area contributed by atoms with Crippen molar-refractivity contribution in [2.45, 2.75) is 13.8 Å². The van der Waals surface area contributed by atoms with Gasteiger partial charge in [0.15, 0.2) is 18.1 Å². The third-order valence-corrected chi connectivity index (χ3v) is 4.63. The monoisotopic (exact) mass is 446 g/mol. The highest BCUT2D eigenvalue weighted by Gasteiger charge is 2.11. The van der Waals surface area contributed by atoms with Gasteiger partial charge >= 0.3 is 0 Å². The topological polar surface area (TPSA) is 115 Å². The zero-order valence-electron chi connectivity index (χ0n) is 18.5. The first-order valence-corrected chi connectivity index (χ1v) is 10.4. The molecule has 3 aromatic rings. The summed E-state index contributed by atoms with van der Waals surface area (Å²) in [6.07, 6.45) is 1.48. The highest BCUT2D eigenvalue weighted by molar-refractivity contribution is 5.99. The summed E-state index contributed by atoms with van der Waals surface area (Å²) in [5.74, 6) is 0.202. The smallest absolute Gasteiger partial charge is 0.273 e. The number of hydrogen-bond acceptors (Lipinski definition) is 6. The number of aryl methyl sites for hydroxylation is 1. The second-order valence-corrected chi connectivity index (χ2v) is 7.08. The van der Waals surface area contributed by atoms with Gasteiger partial charge in [-0.1, -0.05) is 30.3 Å². The summed E-state index contributed by atoms with van der Waals surface area (Å²) in [4.78, 5) is 24.5. The average Bonchev–Trinajstić information content (AvgIpc) is 2.80. The van der Waals surface area contributed by atoms with E-state index in [1.54, 1.807) is 42.5 Å². The van der Waals surface area contributed by atoms with Crippen molar-refractivity contribution in [3.8, 4) is 11.5 Å². The molecule has 3 aromatic carbocycles. The van der Waals surface area contributed by atoms with E-state index in [1.807, 2.05) is 38.1 Å². The molecule has 4 N–H and O–H groups in total. The Hall–Kier alpha value is -4.33. The fourth-order valence-electron chi connectivity index (χ4n) is 2.96. The summed E-state index contributed by atoms with van der Waals surface area (Å²) in [5, 5.41) is 6.80. The van der Waals surface area contributed by atoms with Crippen molar-refractivity contribution in [3.05, 3.63) is 83.4 Å². The van der Waals surface area contributed by atoms with Crippen molar-refractivity contribution in [1.82, 2.24) is 5.43 Å². The van der Waals surface area contributed by atoms with Gasteiger partial charge in [0.25, 0.3) is 11.8 Å². The van der Waals surface area contributed by atoms with Crippen LogP contribution in [0.3, 0.4) is 0 Å². The average molecular weight is 447 g/mol. The number of hydrogen-bond donors (Lipinski definition) is 3. The lowest BCUT2D eigenvalue weighted by Gasteiger charge is -2.13. The standard InChI is InChI=1S/C25H26N4O4/c1-3-32-23-14-18(15-27-29-25(31)19-9-5-6-10-20(19)26)12-13-22(23)33-16-24(30)28-21-11-7-4-8-17(21)2/h4-15H,3,16,26H2,1-2H3,(H,28,30)(H,29,31)/b27-15+. The van der Waals surface area contributed by atoms with E-state index in [4.69, 9.17) is 15.2 Å². The zero-order chi connectivity index (χ0) is 23.6. The Balaban J connectivity index is 1.62.